The Kier molecular flexibility index (Phi) is 3.54. The zero-order chi connectivity index (χ0) is 15.2. The van der Waals surface area contributed by atoms with Gasteiger partial charge in [0, 0.05) is 10.0 Å². The summed E-state index contributed by atoms with van der Waals surface area (Å²) in [7, 11) is 0. The molecule has 1 unspecified atom stereocenters. The second-order valence-corrected chi connectivity index (χ2v) is 5.75. The maximum Gasteiger partial charge on any atom is 0.418 e. The molecular formula is C15H10Cl2F3N. The molecule has 0 saturated heterocycles. The first-order chi connectivity index (χ1) is 9.86. The molecule has 1 aliphatic heterocycles. The number of hydrogen-bond acceptors (Lipinski definition) is 1. The van der Waals surface area contributed by atoms with Crippen LogP contribution in [0.15, 0.2) is 36.4 Å². The normalized spacial score (nSPS) is 17.5. The molecule has 0 bridgehead atoms. The minimum Gasteiger partial charge on any atom is -0.377 e. The smallest absolute Gasteiger partial charge is 0.377 e. The first-order valence-corrected chi connectivity index (χ1v) is 7.02. The largest absolute Gasteiger partial charge is 0.418 e. The van der Waals surface area contributed by atoms with Gasteiger partial charge in [0.2, 0.25) is 0 Å². The van der Waals surface area contributed by atoms with Gasteiger partial charge in [-0.1, -0.05) is 35.3 Å². The predicted octanol–water partition coefficient (Wildman–Crippen LogP) is 5.72. The van der Waals surface area contributed by atoms with Crippen LogP contribution in [0, 0.1) is 0 Å². The Morgan fingerprint density at radius 3 is 2.57 bits per heavy atom. The highest BCUT2D eigenvalue weighted by Gasteiger charge is 2.37. The number of benzene rings is 2. The average Bonchev–Trinajstić information content (AvgIpc) is 2.83. The quantitative estimate of drug-likeness (QED) is 0.704. The van der Waals surface area contributed by atoms with Crippen molar-refractivity contribution in [1.29, 1.82) is 0 Å². The number of hydrogen-bond donors (Lipinski definition) is 1. The fourth-order valence-corrected chi connectivity index (χ4v) is 3.02. The van der Waals surface area contributed by atoms with Crippen molar-refractivity contribution in [1.82, 2.24) is 0 Å². The first-order valence-electron chi connectivity index (χ1n) is 6.27. The molecule has 0 amide bonds. The second kappa shape index (κ2) is 5.11. The van der Waals surface area contributed by atoms with Crippen LogP contribution in [0.25, 0.3) is 0 Å². The SMILES string of the molecule is FC(F)(F)c1cccc2c1NC(c1cc(Cl)ccc1Cl)C2. The third-order valence-corrected chi connectivity index (χ3v) is 4.11. The Labute approximate surface area is 129 Å². The standard InChI is InChI=1S/C15H10Cl2F3N/c16-9-4-5-12(17)10(7-9)13-6-8-2-1-3-11(14(8)21-13)15(18,19)20/h1-5,7,13,21H,6H2. The van der Waals surface area contributed by atoms with E-state index in [4.69, 9.17) is 23.2 Å². The minimum absolute atomic E-state index is 0.131. The van der Waals surface area contributed by atoms with Crippen LogP contribution in [0.4, 0.5) is 18.9 Å². The summed E-state index contributed by atoms with van der Waals surface area (Å²) in [5.41, 5.74) is 0.811. The molecule has 1 aliphatic rings. The number of fused-ring (bicyclic) bond motifs is 1. The number of para-hydroxylation sites is 1. The first kappa shape index (κ1) is 14.5. The molecule has 0 radical (unpaired) electrons. The predicted molar refractivity (Wildman–Crippen MR) is 78.0 cm³/mol. The van der Waals surface area contributed by atoms with Gasteiger partial charge in [-0.05, 0) is 41.8 Å². The molecule has 3 rings (SSSR count). The van der Waals surface area contributed by atoms with Crippen molar-refractivity contribution in [2.24, 2.45) is 0 Å². The zero-order valence-corrected chi connectivity index (χ0v) is 12.2. The van der Waals surface area contributed by atoms with Gasteiger partial charge < -0.3 is 5.32 Å². The molecule has 1 heterocycles. The minimum atomic E-state index is -4.38. The van der Waals surface area contributed by atoms with E-state index in [1.54, 1.807) is 24.3 Å². The van der Waals surface area contributed by atoms with Gasteiger partial charge in [0.05, 0.1) is 17.3 Å². The molecule has 110 valence electrons. The maximum absolute atomic E-state index is 13.0. The molecule has 1 N–H and O–H groups in total. The van der Waals surface area contributed by atoms with Crippen molar-refractivity contribution in [2.75, 3.05) is 5.32 Å². The van der Waals surface area contributed by atoms with Crippen LogP contribution in [0.2, 0.25) is 10.0 Å². The van der Waals surface area contributed by atoms with Gasteiger partial charge in [-0.25, -0.2) is 0 Å². The third-order valence-electron chi connectivity index (χ3n) is 3.53. The van der Waals surface area contributed by atoms with Crippen LogP contribution in [-0.4, -0.2) is 0 Å². The van der Waals surface area contributed by atoms with Crippen molar-refractivity contribution in [2.45, 2.75) is 18.6 Å². The molecule has 0 aliphatic carbocycles. The number of alkyl halides is 3. The van der Waals surface area contributed by atoms with Crippen LogP contribution >= 0.6 is 23.2 Å². The van der Waals surface area contributed by atoms with E-state index in [1.165, 1.54) is 6.07 Å². The molecule has 21 heavy (non-hydrogen) atoms. The van der Waals surface area contributed by atoms with Crippen LogP contribution < -0.4 is 5.32 Å². The summed E-state index contributed by atoms with van der Waals surface area (Å²) >= 11 is 12.1. The Hall–Kier alpha value is -1.39. The lowest BCUT2D eigenvalue weighted by Crippen LogP contribution is -2.11. The summed E-state index contributed by atoms with van der Waals surface area (Å²) in [4.78, 5) is 0. The molecule has 2 aromatic carbocycles. The van der Waals surface area contributed by atoms with E-state index in [2.05, 4.69) is 5.32 Å². The Balaban J connectivity index is 2.00. The van der Waals surface area contributed by atoms with Crippen molar-refractivity contribution < 1.29 is 13.2 Å². The van der Waals surface area contributed by atoms with E-state index >= 15 is 0 Å². The molecule has 2 aromatic rings. The topological polar surface area (TPSA) is 12.0 Å². The molecule has 0 fully saturated rings. The van der Waals surface area contributed by atoms with Crippen LogP contribution in [0.3, 0.4) is 0 Å². The van der Waals surface area contributed by atoms with Crippen LogP contribution in [0.1, 0.15) is 22.7 Å². The fraction of sp³-hybridized carbons (Fsp3) is 0.200. The van der Waals surface area contributed by atoms with E-state index < -0.39 is 11.7 Å². The van der Waals surface area contributed by atoms with Gasteiger partial charge in [-0.15, -0.1) is 0 Å². The van der Waals surface area contributed by atoms with Gasteiger partial charge in [0.1, 0.15) is 0 Å². The number of nitrogens with one attached hydrogen (secondary N) is 1. The Morgan fingerprint density at radius 2 is 1.86 bits per heavy atom. The Bertz CT molecular complexity index is 698. The number of anilines is 1. The second-order valence-electron chi connectivity index (χ2n) is 4.90. The van der Waals surface area contributed by atoms with E-state index in [0.717, 1.165) is 6.07 Å². The zero-order valence-electron chi connectivity index (χ0n) is 10.6. The summed E-state index contributed by atoms with van der Waals surface area (Å²) in [6, 6.07) is 8.86. The van der Waals surface area contributed by atoms with Gasteiger partial charge in [-0.2, -0.15) is 13.2 Å². The molecule has 6 heteroatoms. The lowest BCUT2D eigenvalue weighted by molar-refractivity contribution is -0.136. The summed E-state index contributed by atoms with van der Waals surface area (Å²) in [5, 5.41) is 3.92. The maximum atomic E-state index is 13.0. The van der Waals surface area contributed by atoms with Gasteiger partial charge in [0.25, 0.3) is 0 Å². The summed E-state index contributed by atoms with van der Waals surface area (Å²) in [6.45, 7) is 0. The van der Waals surface area contributed by atoms with E-state index in [9.17, 15) is 13.2 Å². The molecule has 1 nitrogen and oxygen atoms in total. The highest BCUT2D eigenvalue weighted by molar-refractivity contribution is 6.33. The van der Waals surface area contributed by atoms with E-state index in [-0.39, 0.29) is 11.7 Å². The van der Waals surface area contributed by atoms with Crippen molar-refractivity contribution in [3.8, 4) is 0 Å². The molecule has 0 spiro atoms. The summed E-state index contributed by atoms with van der Waals surface area (Å²) < 4.78 is 39.1. The number of halogens is 5. The summed E-state index contributed by atoms with van der Waals surface area (Å²) in [6.07, 6.45) is -3.94. The Morgan fingerprint density at radius 1 is 1.10 bits per heavy atom. The molecule has 1 atom stereocenters. The average molecular weight is 332 g/mol. The third kappa shape index (κ3) is 2.70. The van der Waals surface area contributed by atoms with Gasteiger partial charge >= 0.3 is 6.18 Å². The van der Waals surface area contributed by atoms with Crippen molar-refractivity contribution >= 4 is 28.9 Å². The lowest BCUT2D eigenvalue weighted by atomic mass is 10.0. The molecular weight excluding hydrogens is 322 g/mol. The van der Waals surface area contributed by atoms with E-state index in [1.807, 2.05) is 0 Å². The fourth-order valence-electron chi connectivity index (χ4n) is 2.59. The van der Waals surface area contributed by atoms with Gasteiger partial charge in [0.15, 0.2) is 0 Å². The monoisotopic (exact) mass is 331 g/mol. The van der Waals surface area contributed by atoms with Crippen molar-refractivity contribution in [3.05, 3.63) is 63.1 Å². The molecule has 0 aromatic heterocycles. The highest BCUT2D eigenvalue weighted by atomic mass is 35.5. The van der Waals surface area contributed by atoms with Gasteiger partial charge in [-0.3, -0.25) is 0 Å². The molecule has 0 saturated carbocycles. The van der Waals surface area contributed by atoms with Crippen LogP contribution in [-0.2, 0) is 12.6 Å². The van der Waals surface area contributed by atoms with Crippen LogP contribution in [0.5, 0.6) is 0 Å². The lowest BCUT2D eigenvalue weighted by Gasteiger charge is -2.16. The van der Waals surface area contributed by atoms with E-state index in [0.29, 0.717) is 27.6 Å². The highest BCUT2D eigenvalue weighted by Crippen LogP contribution is 2.44. The summed E-state index contributed by atoms with van der Waals surface area (Å²) in [5.74, 6) is 0. The number of rotatable bonds is 1. The van der Waals surface area contributed by atoms with Crippen molar-refractivity contribution in [3.63, 3.8) is 0 Å².